The molecule has 1 atom stereocenters. The van der Waals surface area contributed by atoms with E-state index in [1.165, 1.54) is 34.8 Å². The predicted octanol–water partition coefficient (Wildman–Crippen LogP) is 5.97. The number of thiazole rings is 1. The van der Waals surface area contributed by atoms with E-state index in [4.69, 9.17) is 16.3 Å². The molecule has 2 heterocycles. The Hall–Kier alpha value is -3.60. The van der Waals surface area contributed by atoms with Crippen LogP contribution in [0.4, 0.5) is 11.4 Å². The number of non-ortho nitro benzene ring substituents is 1. The molecule has 1 unspecified atom stereocenters. The third kappa shape index (κ3) is 5.25. The summed E-state index contributed by atoms with van der Waals surface area (Å²) in [7, 11) is 0. The van der Waals surface area contributed by atoms with Crippen molar-refractivity contribution in [2.75, 3.05) is 5.32 Å². The fourth-order valence-corrected chi connectivity index (χ4v) is 4.60. The van der Waals surface area contributed by atoms with Gasteiger partial charge >= 0.3 is 5.97 Å². The highest BCUT2D eigenvalue weighted by Crippen LogP contribution is 2.30. The number of anilines is 1. The summed E-state index contributed by atoms with van der Waals surface area (Å²) >= 11 is 8.90. The summed E-state index contributed by atoms with van der Waals surface area (Å²) in [6.07, 6.45) is -1.30. The van der Waals surface area contributed by atoms with Gasteiger partial charge in [0.2, 0.25) is 6.10 Å². The fourth-order valence-electron chi connectivity index (χ4n) is 2.87. The monoisotopic (exact) mass is 499 g/mol. The highest BCUT2D eigenvalue weighted by Gasteiger charge is 2.27. The van der Waals surface area contributed by atoms with E-state index in [0.29, 0.717) is 10.6 Å². The molecule has 1 N–H and O–H groups in total. The van der Waals surface area contributed by atoms with Crippen molar-refractivity contribution in [3.8, 4) is 10.6 Å². The first-order valence-corrected chi connectivity index (χ1v) is 11.6. The van der Waals surface area contributed by atoms with E-state index in [9.17, 15) is 19.7 Å². The van der Waals surface area contributed by atoms with Crippen LogP contribution in [0.1, 0.15) is 22.2 Å². The number of hydrogen-bond donors (Lipinski definition) is 1. The zero-order chi connectivity index (χ0) is 23.4. The van der Waals surface area contributed by atoms with E-state index in [1.807, 2.05) is 16.8 Å². The summed E-state index contributed by atoms with van der Waals surface area (Å²) in [5, 5.41) is 19.5. The lowest BCUT2D eigenvalue weighted by molar-refractivity contribution is -0.384. The number of nitrogens with zero attached hydrogens (tertiary/aromatic N) is 2. The van der Waals surface area contributed by atoms with E-state index in [2.05, 4.69) is 10.3 Å². The van der Waals surface area contributed by atoms with Gasteiger partial charge < -0.3 is 10.1 Å². The average Bonchev–Trinajstić information content (AvgIpc) is 3.51. The number of aromatic nitrogens is 1. The van der Waals surface area contributed by atoms with E-state index < -0.39 is 22.9 Å². The fraction of sp³-hybridized carbons (Fsp3) is 0.0455. The molecule has 2 aromatic heterocycles. The summed E-state index contributed by atoms with van der Waals surface area (Å²) < 4.78 is 5.53. The van der Waals surface area contributed by atoms with Gasteiger partial charge in [0.15, 0.2) is 5.69 Å². The number of thiophene rings is 1. The van der Waals surface area contributed by atoms with Gasteiger partial charge in [0, 0.05) is 34.0 Å². The predicted molar refractivity (Wildman–Crippen MR) is 127 cm³/mol. The van der Waals surface area contributed by atoms with E-state index in [-0.39, 0.29) is 22.1 Å². The van der Waals surface area contributed by atoms with E-state index >= 15 is 0 Å². The van der Waals surface area contributed by atoms with E-state index in [1.54, 1.807) is 35.7 Å². The molecular formula is C22H14ClN3O5S2. The van der Waals surface area contributed by atoms with Crippen LogP contribution in [0.25, 0.3) is 10.6 Å². The van der Waals surface area contributed by atoms with Crippen molar-refractivity contribution >= 4 is 57.5 Å². The van der Waals surface area contributed by atoms with Crippen LogP contribution in [-0.4, -0.2) is 21.8 Å². The third-order valence-electron chi connectivity index (χ3n) is 4.47. The number of rotatable bonds is 7. The summed E-state index contributed by atoms with van der Waals surface area (Å²) in [6, 6.07) is 14.0. The summed E-state index contributed by atoms with van der Waals surface area (Å²) in [6.45, 7) is 0. The molecule has 0 saturated carbocycles. The zero-order valence-electron chi connectivity index (χ0n) is 16.6. The molecule has 2 aromatic carbocycles. The largest absolute Gasteiger partial charge is 0.443 e. The lowest BCUT2D eigenvalue weighted by Crippen LogP contribution is -2.26. The van der Waals surface area contributed by atoms with Gasteiger partial charge in [-0.3, -0.25) is 14.9 Å². The molecule has 8 nitrogen and oxygen atoms in total. The van der Waals surface area contributed by atoms with Crippen LogP contribution < -0.4 is 5.32 Å². The van der Waals surface area contributed by atoms with Gasteiger partial charge in [0.05, 0.1) is 15.6 Å². The maximum Gasteiger partial charge on any atom is 0.358 e. The van der Waals surface area contributed by atoms with Gasteiger partial charge in [0.1, 0.15) is 5.01 Å². The van der Waals surface area contributed by atoms with Crippen molar-refractivity contribution in [3.05, 3.63) is 97.1 Å². The summed E-state index contributed by atoms with van der Waals surface area (Å²) in [5.41, 5.74) is 1.36. The molecule has 0 saturated heterocycles. The molecule has 0 bridgehead atoms. The maximum absolute atomic E-state index is 13.0. The van der Waals surface area contributed by atoms with Gasteiger partial charge in [-0.05, 0) is 17.5 Å². The maximum atomic E-state index is 13.0. The smallest absolute Gasteiger partial charge is 0.358 e. The number of esters is 1. The van der Waals surface area contributed by atoms with Gasteiger partial charge in [-0.25, -0.2) is 9.78 Å². The Bertz CT molecular complexity index is 1310. The molecule has 0 aliphatic rings. The van der Waals surface area contributed by atoms with Gasteiger partial charge in [-0.2, -0.15) is 11.3 Å². The van der Waals surface area contributed by atoms with E-state index in [0.717, 1.165) is 11.6 Å². The molecule has 1 amide bonds. The minimum Gasteiger partial charge on any atom is -0.443 e. The van der Waals surface area contributed by atoms with Crippen LogP contribution in [0.3, 0.4) is 0 Å². The number of nitro benzene ring substituents is 1. The highest BCUT2D eigenvalue weighted by molar-refractivity contribution is 7.14. The Balaban J connectivity index is 1.56. The number of nitrogens with one attached hydrogen (secondary N) is 1. The summed E-state index contributed by atoms with van der Waals surface area (Å²) in [5.74, 6) is -1.43. The number of hydrogen-bond acceptors (Lipinski definition) is 8. The second-order valence-electron chi connectivity index (χ2n) is 6.66. The molecule has 0 fully saturated rings. The quantitative estimate of drug-likeness (QED) is 0.190. The van der Waals surface area contributed by atoms with Crippen molar-refractivity contribution in [2.45, 2.75) is 6.10 Å². The first kappa shape index (κ1) is 22.6. The Labute approximate surface area is 200 Å². The van der Waals surface area contributed by atoms with Crippen LogP contribution in [0.15, 0.2) is 70.7 Å². The van der Waals surface area contributed by atoms with Crippen molar-refractivity contribution in [1.29, 1.82) is 0 Å². The SMILES string of the molecule is O=C(OC(C(=O)Nc1ccc([N+](=O)[O-])cc1Cl)c1ccccc1)c1csc(-c2ccsc2)n1. The molecule has 0 aliphatic carbocycles. The van der Waals surface area contributed by atoms with Crippen molar-refractivity contribution in [3.63, 3.8) is 0 Å². The average molecular weight is 500 g/mol. The molecule has 33 heavy (non-hydrogen) atoms. The van der Waals surface area contributed by atoms with Crippen LogP contribution in [0.2, 0.25) is 5.02 Å². The topological polar surface area (TPSA) is 111 Å². The van der Waals surface area contributed by atoms with Crippen molar-refractivity contribution in [1.82, 2.24) is 4.98 Å². The van der Waals surface area contributed by atoms with Crippen LogP contribution in [0, 0.1) is 10.1 Å². The second-order valence-corrected chi connectivity index (χ2v) is 8.70. The Kier molecular flexibility index (Phi) is 6.78. The number of ether oxygens (including phenoxy) is 1. The Morgan fingerprint density at radius 2 is 1.91 bits per heavy atom. The van der Waals surface area contributed by atoms with Crippen molar-refractivity contribution < 1.29 is 19.2 Å². The molecule has 166 valence electrons. The number of carbonyl (C=O) groups is 2. The minimum absolute atomic E-state index is 0.0180. The number of carbonyl (C=O) groups excluding carboxylic acids is 2. The number of benzene rings is 2. The van der Waals surface area contributed by atoms with Gasteiger partial charge in [-0.15, -0.1) is 11.3 Å². The summed E-state index contributed by atoms with van der Waals surface area (Å²) in [4.78, 5) is 40.5. The number of nitro groups is 1. The third-order valence-corrected chi connectivity index (χ3v) is 6.36. The first-order valence-electron chi connectivity index (χ1n) is 9.41. The van der Waals surface area contributed by atoms with Crippen molar-refractivity contribution in [2.24, 2.45) is 0 Å². The minimum atomic E-state index is -1.30. The van der Waals surface area contributed by atoms with Gasteiger partial charge in [0.25, 0.3) is 11.6 Å². The number of amides is 1. The number of halogens is 1. The Morgan fingerprint density at radius 1 is 1.12 bits per heavy atom. The highest BCUT2D eigenvalue weighted by atomic mass is 35.5. The van der Waals surface area contributed by atoms with Crippen LogP contribution >= 0.6 is 34.3 Å². The van der Waals surface area contributed by atoms with Gasteiger partial charge in [-0.1, -0.05) is 41.9 Å². The van der Waals surface area contributed by atoms with Crippen LogP contribution in [0.5, 0.6) is 0 Å². The van der Waals surface area contributed by atoms with Crippen LogP contribution in [-0.2, 0) is 9.53 Å². The first-order chi connectivity index (χ1) is 15.9. The lowest BCUT2D eigenvalue weighted by atomic mass is 10.1. The molecule has 0 aliphatic heterocycles. The zero-order valence-corrected chi connectivity index (χ0v) is 19.0. The molecule has 4 aromatic rings. The molecule has 0 spiro atoms. The molecule has 0 radical (unpaired) electrons. The standard InChI is InChI=1S/C22H14ClN3O5S2/c23-16-10-15(26(29)30)6-7-17(16)24-20(27)19(13-4-2-1-3-5-13)31-22(28)18-12-33-21(25-18)14-8-9-32-11-14/h1-12,19H,(H,24,27). The second kappa shape index (κ2) is 9.90. The molecular weight excluding hydrogens is 486 g/mol. The lowest BCUT2D eigenvalue weighted by Gasteiger charge is -2.18. The normalized spacial score (nSPS) is 11.5. The molecule has 4 rings (SSSR count). The molecule has 11 heteroatoms. The Morgan fingerprint density at radius 3 is 2.58 bits per heavy atom.